The number of anilines is 1. The van der Waals surface area contributed by atoms with Crippen LogP contribution in [0.5, 0.6) is 17.2 Å². The molecule has 3 rings (SSSR count). The molecule has 0 bridgehead atoms. The zero-order chi connectivity index (χ0) is 42.4. The van der Waals surface area contributed by atoms with Crippen molar-refractivity contribution in [1.29, 1.82) is 0 Å². The van der Waals surface area contributed by atoms with E-state index < -0.39 is 34.5 Å². The van der Waals surface area contributed by atoms with Gasteiger partial charge in [0.2, 0.25) is 0 Å². The van der Waals surface area contributed by atoms with E-state index in [2.05, 4.69) is 87.3 Å². The standard InChI is InChI=1S/C43H66N2O9Si2/c1-17-22-50-40(47)44-36-25-38(54-56(28(2)3,29(4)5)30(6)7)37(49-14)24-35(36)39(46)45-26-32(23-33(45)27-51-55(15,16)43(11,12)13)31-18-20-34(21-19-31)52-41(48)53-42(8,9)10/h17-21,24-26,28-30,33H,1,22-23,27H2,2-16H3,(H,44,47)/t33-/m0/s1. The molecule has 0 aromatic heterocycles. The van der Waals surface area contributed by atoms with Gasteiger partial charge >= 0.3 is 12.2 Å². The van der Waals surface area contributed by atoms with Crippen LogP contribution in [0.2, 0.25) is 34.8 Å². The highest BCUT2D eigenvalue weighted by atomic mass is 28.4. The van der Waals surface area contributed by atoms with Crippen LogP contribution >= 0.6 is 0 Å². The van der Waals surface area contributed by atoms with E-state index in [-0.39, 0.29) is 51.5 Å². The van der Waals surface area contributed by atoms with E-state index in [0.717, 1.165) is 11.1 Å². The molecule has 1 aliphatic heterocycles. The van der Waals surface area contributed by atoms with Gasteiger partial charge in [-0.15, -0.1) is 0 Å². The highest BCUT2D eigenvalue weighted by molar-refractivity contribution is 6.78. The predicted molar refractivity (Wildman–Crippen MR) is 229 cm³/mol. The van der Waals surface area contributed by atoms with Gasteiger partial charge < -0.3 is 32.7 Å². The van der Waals surface area contributed by atoms with Crippen molar-refractivity contribution in [3.63, 3.8) is 0 Å². The Morgan fingerprint density at radius 1 is 0.929 bits per heavy atom. The first-order valence-electron chi connectivity index (χ1n) is 19.5. The van der Waals surface area contributed by atoms with Crippen molar-refractivity contribution < 1.29 is 42.2 Å². The molecule has 56 heavy (non-hydrogen) atoms. The molecule has 1 aliphatic rings. The number of nitrogens with zero attached hydrogens (tertiary/aromatic N) is 1. The number of rotatable bonds is 15. The first-order valence-corrected chi connectivity index (χ1v) is 24.6. The fourth-order valence-corrected chi connectivity index (χ4v) is 13.2. The van der Waals surface area contributed by atoms with Crippen LogP contribution in [0.1, 0.15) is 105 Å². The molecule has 1 N–H and O–H groups in total. The zero-order valence-electron chi connectivity index (χ0n) is 36.4. The highest BCUT2D eigenvalue weighted by Gasteiger charge is 2.48. The number of carbonyl (C=O) groups excluding carboxylic acids is 3. The second-order valence-electron chi connectivity index (χ2n) is 17.9. The summed E-state index contributed by atoms with van der Waals surface area (Å²) in [6.07, 6.45) is 2.28. The van der Waals surface area contributed by atoms with Crippen molar-refractivity contribution in [2.24, 2.45) is 0 Å². The minimum atomic E-state index is -2.49. The summed E-state index contributed by atoms with van der Waals surface area (Å²) in [5.41, 5.74) is 2.25. The molecule has 2 amide bonds. The van der Waals surface area contributed by atoms with Crippen LogP contribution in [0.4, 0.5) is 15.3 Å². The molecule has 1 heterocycles. The quantitative estimate of drug-likeness (QED) is 0.0810. The number of hydrogen-bond donors (Lipinski definition) is 1. The fourth-order valence-electron chi connectivity index (χ4n) is 6.90. The molecular weight excluding hydrogens is 745 g/mol. The number of amides is 2. The van der Waals surface area contributed by atoms with Crippen LogP contribution in [0, 0.1) is 0 Å². The molecule has 0 spiro atoms. The van der Waals surface area contributed by atoms with Crippen LogP contribution in [-0.2, 0) is 13.9 Å². The zero-order valence-corrected chi connectivity index (χ0v) is 38.4. The second-order valence-corrected chi connectivity index (χ2v) is 28.1. The molecule has 1 atom stereocenters. The summed E-state index contributed by atoms with van der Waals surface area (Å²) in [5, 5.41) is 2.76. The summed E-state index contributed by atoms with van der Waals surface area (Å²) in [6.45, 7) is 33.3. The van der Waals surface area contributed by atoms with Gasteiger partial charge in [-0.25, -0.2) is 9.59 Å². The Morgan fingerprint density at radius 3 is 2.02 bits per heavy atom. The number of benzene rings is 2. The molecule has 0 unspecified atom stereocenters. The van der Waals surface area contributed by atoms with Gasteiger partial charge in [-0.2, -0.15) is 0 Å². The highest BCUT2D eigenvalue weighted by Crippen LogP contribution is 2.46. The number of methoxy groups -OCH3 is 1. The molecular formula is C43H66N2O9Si2. The van der Waals surface area contributed by atoms with Gasteiger partial charge in [-0.1, -0.05) is 87.1 Å². The maximum Gasteiger partial charge on any atom is 0.514 e. The van der Waals surface area contributed by atoms with E-state index in [1.807, 2.05) is 18.3 Å². The Bertz CT molecular complexity index is 1720. The summed E-state index contributed by atoms with van der Waals surface area (Å²) >= 11 is 0. The molecule has 13 heteroatoms. The van der Waals surface area contributed by atoms with E-state index in [1.165, 1.54) is 6.08 Å². The minimum absolute atomic E-state index is 0.00854. The largest absolute Gasteiger partial charge is 0.540 e. The molecule has 2 aromatic rings. The molecule has 2 aromatic carbocycles. The summed E-state index contributed by atoms with van der Waals surface area (Å²) in [6, 6.07) is 10.0. The van der Waals surface area contributed by atoms with Gasteiger partial charge in [0.05, 0.1) is 31.0 Å². The minimum Gasteiger partial charge on any atom is -0.540 e. The summed E-state index contributed by atoms with van der Waals surface area (Å²) in [5.74, 6) is 0.808. The summed E-state index contributed by atoms with van der Waals surface area (Å²) in [4.78, 5) is 42.0. The van der Waals surface area contributed by atoms with Gasteiger partial charge in [0.15, 0.2) is 14.1 Å². The smallest absolute Gasteiger partial charge is 0.514 e. The number of carbonyl (C=O) groups is 3. The Labute approximate surface area is 337 Å². The van der Waals surface area contributed by atoms with E-state index in [0.29, 0.717) is 30.3 Å². The molecule has 0 fully saturated rings. The van der Waals surface area contributed by atoms with Crippen molar-refractivity contribution in [3.05, 3.63) is 66.4 Å². The lowest BCUT2D eigenvalue weighted by atomic mass is 10.0. The predicted octanol–water partition coefficient (Wildman–Crippen LogP) is 11.6. The first-order chi connectivity index (χ1) is 25.9. The van der Waals surface area contributed by atoms with E-state index in [9.17, 15) is 14.4 Å². The van der Waals surface area contributed by atoms with Crippen molar-refractivity contribution in [2.45, 2.75) is 136 Å². The lowest BCUT2D eigenvalue weighted by Crippen LogP contribution is -2.50. The Morgan fingerprint density at radius 2 is 1.52 bits per heavy atom. The molecule has 0 radical (unpaired) electrons. The number of ether oxygens (including phenoxy) is 4. The van der Waals surface area contributed by atoms with Crippen LogP contribution in [-0.4, -0.2) is 71.7 Å². The number of nitrogens with one attached hydrogen (secondary N) is 1. The third kappa shape index (κ3) is 11.3. The Kier molecular flexibility index (Phi) is 15.3. The van der Waals surface area contributed by atoms with Gasteiger partial charge in [0, 0.05) is 12.3 Å². The second kappa shape index (κ2) is 18.5. The number of hydrogen-bond acceptors (Lipinski definition) is 9. The molecule has 0 saturated carbocycles. The van der Waals surface area contributed by atoms with Crippen molar-refractivity contribution in [3.8, 4) is 17.2 Å². The SMILES string of the molecule is C=CCOC(=O)Nc1cc(O[Si](C(C)C)(C(C)C)C(C)C)c(OC)cc1C(=O)N1C=C(c2ccc(OC(=O)OC(C)(C)C)cc2)C[C@H]1CO[Si](C)(C)C(C)(C)C. The van der Waals surface area contributed by atoms with Gasteiger partial charge in [0.1, 0.15) is 23.7 Å². The normalized spacial score (nSPS) is 15.1. The van der Waals surface area contributed by atoms with Gasteiger partial charge in [-0.3, -0.25) is 10.1 Å². The average molecular weight is 811 g/mol. The van der Waals surface area contributed by atoms with Gasteiger partial charge in [0.25, 0.3) is 14.2 Å². The van der Waals surface area contributed by atoms with Crippen molar-refractivity contribution in [1.82, 2.24) is 4.90 Å². The Hall–Kier alpha value is -4.08. The van der Waals surface area contributed by atoms with Crippen molar-refractivity contribution >= 4 is 46.1 Å². The van der Waals surface area contributed by atoms with E-state index in [1.54, 1.807) is 57.0 Å². The fraction of sp³-hybridized carbons (Fsp3) is 0.558. The molecule has 310 valence electrons. The van der Waals surface area contributed by atoms with Crippen molar-refractivity contribution in [2.75, 3.05) is 25.6 Å². The van der Waals surface area contributed by atoms with Crippen LogP contribution < -0.4 is 19.2 Å². The lowest BCUT2D eigenvalue weighted by Gasteiger charge is -2.42. The van der Waals surface area contributed by atoms with Crippen LogP contribution in [0.15, 0.2) is 55.3 Å². The van der Waals surface area contributed by atoms with E-state index >= 15 is 0 Å². The third-order valence-electron chi connectivity index (χ3n) is 10.7. The Balaban J connectivity index is 2.15. The maximum atomic E-state index is 14.9. The summed E-state index contributed by atoms with van der Waals surface area (Å²) < 4.78 is 35.7. The third-order valence-corrected chi connectivity index (χ3v) is 21.2. The molecule has 11 nitrogen and oxygen atoms in total. The monoisotopic (exact) mass is 810 g/mol. The van der Waals surface area contributed by atoms with Gasteiger partial charge in [-0.05, 0) is 91.3 Å². The first kappa shape index (κ1) is 46.3. The topological polar surface area (TPSA) is 122 Å². The lowest BCUT2D eigenvalue weighted by molar-refractivity contribution is 0.0206. The van der Waals surface area contributed by atoms with Crippen LogP contribution in [0.25, 0.3) is 5.57 Å². The molecule has 0 aliphatic carbocycles. The average Bonchev–Trinajstić information content (AvgIpc) is 3.51. The maximum absolute atomic E-state index is 14.9. The van der Waals surface area contributed by atoms with Crippen LogP contribution in [0.3, 0.4) is 0 Å². The van der Waals surface area contributed by atoms with E-state index in [4.69, 9.17) is 27.8 Å². The summed E-state index contributed by atoms with van der Waals surface area (Å²) in [7, 11) is -3.15. The molecule has 0 saturated heterocycles.